The zero-order valence-corrected chi connectivity index (χ0v) is 15.2. The lowest BCUT2D eigenvalue weighted by atomic mass is 10.1. The van der Waals surface area contributed by atoms with Crippen molar-refractivity contribution in [1.29, 1.82) is 0 Å². The van der Waals surface area contributed by atoms with Gasteiger partial charge in [0.25, 0.3) is 5.56 Å². The Balaban J connectivity index is 1.34. The topological polar surface area (TPSA) is 81.4 Å². The highest BCUT2D eigenvalue weighted by atomic mass is 16.5. The van der Waals surface area contributed by atoms with Gasteiger partial charge in [0.1, 0.15) is 0 Å². The van der Waals surface area contributed by atoms with E-state index in [0.717, 1.165) is 70.8 Å². The highest BCUT2D eigenvalue weighted by Gasteiger charge is 2.22. The Morgan fingerprint density at radius 2 is 1.84 bits per heavy atom. The Hall–Kier alpha value is -1.44. The maximum Gasteiger partial charge on any atom is 0.325 e. The van der Waals surface area contributed by atoms with Crippen molar-refractivity contribution in [1.82, 2.24) is 19.8 Å². The van der Waals surface area contributed by atoms with Crippen molar-refractivity contribution in [2.45, 2.75) is 45.1 Å². The van der Waals surface area contributed by atoms with E-state index in [2.05, 4.69) is 19.8 Å². The average Bonchev–Trinajstić information content (AvgIpc) is 3.10. The second-order valence-electron chi connectivity index (χ2n) is 7.25. The Morgan fingerprint density at radius 1 is 1.08 bits per heavy atom. The second-order valence-corrected chi connectivity index (χ2v) is 7.25. The molecule has 2 aliphatic heterocycles. The van der Waals surface area contributed by atoms with Crippen molar-refractivity contribution in [2.24, 2.45) is 0 Å². The molecule has 1 unspecified atom stereocenters. The third-order valence-corrected chi connectivity index (χ3v) is 5.39. The van der Waals surface area contributed by atoms with Crippen LogP contribution in [0.5, 0.6) is 0 Å². The van der Waals surface area contributed by atoms with Gasteiger partial charge in [0.15, 0.2) is 0 Å². The molecule has 2 N–H and O–H groups in total. The molecule has 0 saturated carbocycles. The normalized spacial score (nSPS) is 22.5. The van der Waals surface area contributed by atoms with Crippen LogP contribution in [0.1, 0.15) is 36.9 Å². The van der Waals surface area contributed by atoms with Gasteiger partial charge < -0.3 is 14.6 Å². The van der Waals surface area contributed by atoms with Crippen molar-refractivity contribution >= 4 is 0 Å². The fourth-order valence-electron chi connectivity index (χ4n) is 3.75. The molecule has 140 valence electrons. The van der Waals surface area contributed by atoms with Crippen LogP contribution >= 0.6 is 0 Å². The van der Waals surface area contributed by atoms with E-state index in [1.165, 1.54) is 12.8 Å². The highest BCUT2D eigenvalue weighted by Crippen LogP contribution is 2.14. The van der Waals surface area contributed by atoms with Crippen LogP contribution in [0.25, 0.3) is 0 Å². The van der Waals surface area contributed by atoms with E-state index in [1.54, 1.807) is 6.92 Å². The van der Waals surface area contributed by atoms with Crippen LogP contribution in [0.2, 0.25) is 0 Å². The van der Waals surface area contributed by atoms with E-state index < -0.39 is 5.69 Å². The molecule has 0 spiro atoms. The average molecular weight is 350 g/mol. The summed E-state index contributed by atoms with van der Waals surface area (Å²) in [4.78, 5) is 33.0. The summed E-state index contributed by atoms with van der Waals surface area (Å²) in [6, 6.07) is 0. The molecule has 0 radical (unpaired) electrons. The molecular formula is C18H30N4O3. The lowest BCUT2D eigenvalue weighted by molar-refractivity contribution is 0.0502. The van der Waals surface area contributed by atoms with Crippen LogP contribution in [0.15, 0.2) is 9.59 Å². The number of piperazine rings is 1. The Bertz CT molecular complexity index is 655. The molecule has 3 heterocycles. The number of hydrogen-bond acceptors (Lipinski definition) is 5. The van der Waals surface area contributed by atoms with Gasteiger partial charge >= 0.3 is 5.69 Å². The van der Waals surface area contributed by atoms with Gasteiger partial charge in [-0.2, -0.15) is 0 Å². The largest absolute Gasteiger partial charge is 0.377 e. The monoisotopic (exact) mass is 350 g/mol. The molecule has 1 aromatic rings. The summed E-state index contributed by atoms with van der Waals surface area (Å²) in [7, 11) is 0. The van der Waals surface area contributed by atoms with Gasteiger partial charge in [0, 0.05) is 50.6 Å². The van der Waals surface area contributed by atoms with Gasteiger partial charge in [0.05, 0.1) is 6.10 Å². The minimum Gasteiger partial charge on any atom is -0.377 e. The molecule has 1 aromatic heterocycles. The molecular weight excluding hydrogens is 320 g/mol. The van der Waals surface area contributed by atoms with E-state index in [4.69, 9.17) is 4.74 Å². The van der Waals surface area contributed by atoms with E-state index in [1.807, 2.05) is 0 Å². The first-order valence-electron chi connectivity index (χ1n) is 9.50. The lowest BCUT2D eigenvalue weighted by Gasteiger charge is -2.35. The first-order chi connectivity index (χ1) is 12.1. The van der Waals surface area contributed by atoms with Crippen molar-refractivity contribution in [3.05, 3.63) is 32.1 Å². The van der Waals surface area contributed by atoms with Crippen molar-refractivity contribution in [2.75, 3.05) is 45.9 Å². The fraction of sp³-hybridized carbons (Fsp3) is 0.778. The van der Waals surface area contributed by atoms with Crippen LogP contribution < -0.4 is 11.2 Å². The summed E-state index contributed by atoms with van der Waals surface area (Å²) in [5.74, 6) is 0. The Labute approximate surface area is 148 Å². The standard InChI is InChI=1S/C18H30N4O3/c1-14-16(19-18(24)20-17(14)23)6-2-3-7-21-8-10-22(11-9-21)13-15-5-4-12-25-15/h15H,2-13H2,1H3,(H2,19,20,23,24). The summed E-state index contributed by atoms with van der Waals surface area (Å²) in [5, 5.41) is 0. The van der Waals surface area contributed by atoms with Crippen LogP contribution in [0.4, 0.5) is 0 Å². The molecule has 0 aromatic carbocycles. The number of aromatic amines is 2. The predicted octanol–water partition coefficient (Wildman–Crippen LogP) is 0.491. The third kappa shape index (κ3) is 5.26. The van der Waals surface area contributed by atoms with Crippen molar-refractivity contribution in [3.63, 3.8) is 0 Å². The number of aryl methyl sites for hydroxylation is 1. The zero-order valence-electron chi connectivity index (χ0n) is 15.2. The number of hydrogen-bond donors (Lipinski definition) is 2. The molecule has 7 heteroatoms. The SMILES string of the molecule is Cc1c(CCCCN2CCN(CC3CCCO3)CC2)[nH]c(=O)[nH]c1=O. The van der Waals surface area contributed by atoms with E-state index in [0.29, 0.717) is 11.7 Å². The molecule has 7 nitrogen and oxygen atoms in total. The highest BCUT2D eigenvalue weighted by molar-refractivity contribution is 5.13. The number of H-pyrrole nitrogens is 2. The molecule has 2 aliphatic rings. The number of nitrogens with one attached hydrogen (secondary N) is 2. The van der Waals surface area contributed by atoms with Gasteiger partial charge in [-0.25, -0.2) is 4.79 Å². The van der Waals surface area contributed by atoms with Gasteiger partial charge in [-0.15, -0.1) is 0 Å². The number of aromatic nitrogens is 2. The first kappa shape index (κ1) is 18.4. The molecule has 0 amide bonds. The summed E-state index contributed by atoms with van der Waals surface area (Å²) in [5.41, 5.74) is 0.714. The fourth-order valence-corrected chi connectivity index (χ4v) is 3.75. The molecule has 3 rings (SSSR count). The minimum absolute atomic E-state index is 0.277. The van der Waals surface area contributed by atoms with Crippen LogP contribution in [0, 0.1) is 6.92 Å². The zero-order chi connectivity index (χ0) is 17.6. The minimum atomic E-state index is -0.409. The molecule has 25 heavy (non-hydrogen) atoms. The van der Waals surface area contributed by atoms with Gasteiger partial charge in [0.2, 0.25) is 0 Å². The van der Waals surface area contributed by atoms with Crippen LogP contribution in [0.3, 0.4) is 0 Å². The number of ether oxygens (including phenoxy) is 1. The smallest absolute Gasteiger partial charge is 0.325 e. The van der Waals surface area contributed by atoms with Gasteiger partial charge in [-0.3, -0.25) is 14.7 Å². The molecule has 0 aliphatic carbocycles. The lowest BCUT2D eigenvalue weighted by Crippen LogP contribution is -2.48. The number of rotatable bonds is 7. The molecule has 2 saturated heterocycles. The molecule has 0 bridgehead atoms. The maximum atomic E-state index is 11.6. The van der Waals surface area contributed by atoms with Crippen LogP contribution in [-0.4, -0.2) is 71.7 Å². The first-order valence-corrected chi connectivity index (χ1v) is 9.50. The summed E-state index contributed by atoms with van der Waals surface area (Å²) in [6.07, 6.45) is 5.69. The predicted molar refractivity (Wildman–Crippen MR) is 97.2 cm³/mol. The summed E-state index contributed by atoms with van der Waals surface area (Å²) >= 11 is 0. The third-order valence-electron chi connectivity index (χ3n) is 5.39. The summed E-state index contributed by atoms with van der Waals surface area (Å²) in [6.45, 7) is 9.35. The molecule has 1 atom stereocenters. The number of unbranched alkanes of at least 4 members (excludes halogenated alkanes) is 1. The van der Waals surface area contributed by atoms with Gasteiger partial charge in [-0.05, 0) is 45.6 Å². The van der Waals surface area contributed by atoms with Crippen LogP contribution in [-0.2, 0) is 11.2 Å². The van der Waals surface area contributed by atoms with E-state index >= 15 is 0 Å². The quantitative estimate of drug-likeness (QED) is 0.700. The maximum absolute atomic E-state index is 11.6. The van der Waals surface area contributed by atoms with Crippen molar-refractivity contribution in [3.8, 4) is 0 Å². The van der Waals surface area contributed by atoms with Crippen molar-refractivity contribution < 1.29 is 4.74 Å². The van der Waals surface area contributed by atoms with Gasteiger partial charge in [-0.1, -0.05) is 0 Å². The molecule has 2 fully saturated rings. The van der Waals surface area contributed by atoms with E-state index in [9.17, 15) is 9.59 Å². The Kier molecular flexibility index (Phi) is 6.45. The Morgan fingerprint density at radius 3 is 2.56 bits per heavy atom. The number of nitrogens with zero attached hydrogens (tertiary/aromatic N) is 2. The second kappa shape index (κ2) is 8.78. The van der Waals surface area contributed by atoms with E-state index in [-0.39, 0.29) is 5.56 Å². The summed E-state index contributed by atoms with van der Waals surface area (Å²) < 4.78 is 5.73.